The molecule has 0 bridgehead atoms. The van der Waals surface area contributed by atoms with Gasteiger partial charge in [-0.3, -0.25) is 9.59 Å². The number of halogens is 2. The number of carbonyl (C=O) groups is 2. The van der Waals surface area contributed by atoms with Gasteiger partial charge >= 0.3 is 0 Å². The number of rotatable bonds is 5. The van der Waals surface area contributed by atoms with Crippen molar-refractivity contribution in [2.75, 3.05) is 5.32 Å². The number of benzene rings is 3. The van der Waals surface area contributed by atoms with Crippen LogP contribution in [-0.4, -0.2) is 11.8 Å². The zero-order valence-corrected chi connectivity index (χ0v) is 15.7. The summed E-state index contributed by atoms with van der Waals surface area (Å²) in [6.45, 7) is 0.370. The van der Waals surface area contributed by atoms with Gasteiger partial charge < -0.3 is 10.6 Å². The fourth-order valence-electron chi connectivity index (χ4n) is 2.46. The van der Waals surface area contributed by atoms with Gasteiger partial charge in [0.15, 0.2) is 0 Å². The summed E-state index contributed by atoms with van der Waals surface area (Å²) in [6.07, 6.45) is 0. The highest BCUT2D eigenvalue weighted by Crippen LogP contribution is 2.16. The van der Waals surface area contributed by atoms with Crippen LogP contribution in [-0.2, 0) is 6.54 Å². The standard InChI is InChI=1S/C21H16Cl2N2O2/c22-17-9-7-14(8-10-17)13-24-20(26)15-3-1-4-16(11-15)21(27)25-19-6-2-5-18(23)12-19/h1-12H,13H2,(H,24,26)(H,25,27). The Bertz CT molecular complexity index is 972. The lowest BCUT2D eigenvalue weighted by atomic mass is 10.1. The first kappa shape index (κ1) is 19.0. The van der Waals surface area contributed by atoms with Crippen molar-refractivity contribution in [3.05, 3.63) is 99.5 Å². The molecule has 2 amide bonds. The van der Waals surface area contributed by atoms with Crippen LogP contribution < -0.4 is 10.6 Å². The molecule has 0 aromatic heterocycles. The van der Waals surface area contributed by atoms with Gasteiger partial charge in [-0.2, -0.15) is 0 Å². The molecule has 0 radical (unpaired) electrons. The topological polar surface area (TPSA) is 58.2 Å². The van der Waals surface area contributed by atoms with Crippen molar-refractivity contribution in [1.29, 1.82) is 0 Å². The van der Waals surface area contributed by atoms with Crippen LogP contribution in [0, 0.1) is 0 Å². The van der Waals surface area contributed by atoms with Crippen LogP contribution in [0.2, 0.25) is 10.0 Å². The lowest BCUT2D eigenvalue weighted by Gasteiger charge is -2.08. The number of hydrogen-bond acceptors (Lipinski definition) is 2. The van der Waals surface area contributed by atoms with Crippen molar-refractivity contribution in [2.24, 2.45) is 0 Å². The van der Waals surface area contributed by atoms with Crippen molar-refractivity contribution < 1.29 is 9.59 Å². The molecule has 27 heavy (non-hydrogen) atoms. The van der Waals surface area contributed by atoms with E-state index in [1.807, 2.05) is 12.1 Å². The highest BCUT2D eigenvalue weighted by Gasteiger charge is 2.11. The van der Waals surface area contributed by atoms with E-state index in [1.54, 1.807) is 60.7 Å². The first-order chi connectivity index (χ1) is 13.0. The minimum atomic E-state index is -0.315. The maximum atomic E-state index is 12.4. The third kappa shape index (κ3) is 5.33. The lowest BCUT2D eigenvalue weighted by molar-refractivity contribution is 0.0951. The van der Waals surface area contributed by atoms with Gasteiger partial charge in [0.05, 0.1) is 0 Å². The average molecular weight is 399 g/mol. The Labute approximate surface area is 167 Å². The molecule has 0 spiro atoms. The van der Waals surface area contributed by atoms with Crippen molar-refractivity contribution in [1.82, 2.24) is 5.32 Å². The Morgan fingerprint density at radius 3 is 2.11 bits per heavy atom. The zero-order valence-electron chi connectivity index (χ0n) is 14.2. The van der Waals surface area contributed by atoms with E-state index < -0.39 is 0 Å². The van der Waals surface area contributed by atoms with Crippen LogP contribution in [0.5, 0.6) is 0 Å². The molecule has 136 valence electrons. The molecule has 0 saturated carbocycles. The smallest absolute Gasteiger partial charge is 0.255 e. The first-order valence-electron chi connectivity index (χ1n) is 8.21. The van der Waals surface area contributed by atoms with Gasteiger partial charge in [-0.05, 0) is 54.1 Å². The second kappa shape index (κ2) is 8.71. The Balaban J connectivity index is 1.66. The summed E-state index contributed by atoms with van der Waals surface area (Å²) in [4.78, 5) is 24.8. The minimum Gasteiger partial charge on any atom is -0.348 e. The van der Waals surface area contributed by atoms with Gasteiger partial charge in [-0.25, -0.2) is 0 Å². The van der Waals surface area contributed by atoms with Crippen LogP contribution in [0.3, 0.4) is 0 Å². The van der Waals surface area contributed by atoms with E-state index in [9.17, 15) is 9.59 Å². The third-order valence-corrected chi connectivity index (χ3v) is 4.32. The minimum absolute atomic E-state index is 0.262. The highest BCUT2D eigenvalue weighted by atomic mass is 35.5. The number of anilines is 1. The number of amides is 2. The zero-order chi connectivity index (χ0) is 19.2. The summed E-state index contributed by atoms with van der Waals surface area (Å²) >= 11 is 11.8. The largest absolute Gasteiger partial charge is 0.348 e. The second-order valence-corrected chi connectivity index (χ2v) is 6.73. The lowest BCUT2D eigenvalue weighted by Crippen LogP contribution is -2.23. The SMILES string of the molecule is O=C(NCc1ccc(Cl)cc1)c1cccc(C(=O)Nc2cccc(Cl)c2)c1. The van der Waals surface area contributed by atoms with Crippen LogP contribution >= 0.6 is 23.2 Å². The summed E-state index contributed by atoms with van der Waals surface area (Å²) in [7, 11) is 0. The van der Waals surface area contributed by atoms with E-state index in [0.717, 1.165) is 5.56 Å². The molecule has 0 unspecified atom stereocenters. The molecule has 0 aliphatic carbocycles. The molecule has 3 aromatic rings. The molecule has 3 aromatic carbocycles. The molecular weight excluding hydrogens is 383 g/mol. The molecule has 4 nitrogen and oxygen atoms in total. The van der Waals surface area contributed by atoms with Gasteiger partial charge in [-0.1, -0.05) is 47.5 Å². The molecule has 3 rings (SSSR count). The molecule has 0 atom stereocenters. The molecular formula is C21H16Cl2N2O2. The average Bonchev–Trinajstić information content (AvgIpc) is 2.67. The normalized spacial score (nSPS) is 10.3. The van der Waals surface area contributed by atoms with Crippen LogP contribution in [0.1, 0.15) is 26.3 Å². The predicted molar refractivity (Wildman–Crippen MR) is 108 cm³/mol. The highest BCUT2D eigenvalue weighted by molar-refractivity contribution is 6.31. The summed E-state index contributed by atoms with van der Waals surface area (Å²) in [5.41, 5.74) is 2.31. The van der Waals surface area contributed by atoms with E-state index in [1.165, 1.54) is 0 Å². The van der Waals surface area contributed by atoms with Crippen molar-refractivity contribution >= 4 is 40.7 Å². The molecule has 0 aliphatic rings. The Hall–Kier alpha value is -2.82. The van der Waals surface area contributed by atoms with E-state index in [2.05, 4.69) is 10.6 Å². The molecule has 0 aliphatic heterocycles. The quantitative estimate of drug-likeness (QED) is 0.622. The van der Waals surface area contributed by atoms with E-state index in [0.29, 0.717) is 33.4 Å². The molecule has 0 saturated heterocycles. The Morgan fingerprint density at radius 2 is 1.41 bits per heavy atom. The summed E-state index contributed by atoms with van der Waals surface area (Å²) < 4.78 is 0. The number of hydrogen-bond donors (Lipinski definition) is 2. The Kier molecular flexibility index (Phi) is 6.12. The second-order valence-electron chi connectivity index (χ2n) is 5.85. The maximum Gasteiger partial charge on any atom is 0.255 e. The summed E-state index contributed by atoms with van der Waals surface area (Å²) in [5.74, 6) is -0.577. The monoisotopic (exact) mass is 398 g/mol. The fraction of sp³-hybridized carbons (Fsp3) is 0.0476. The van der Waals surface area contributed by atoms with Gasteiger partial charge in [0.2, 0.25) is 0 Å². The summed E-state index contributed by atoms with van der Waals surface area (Å²) in [6, 6.07) is 20.6. The van der Waals surface area contributed by atoms with Crippen LogP contribution in [0.25, 0.3) is 0 Å². The molecule has 0 fully saturated rings. The van der Waals surface area contributed by atoms with Crippen LogP contribution in [0.15, 0.2) is 72.8 Å². The van der Waals surface area contributed by atoms with E-state index >= 15 is 0 Å². The van der Waals surface area contributed by atoms with Crippen molar-refractivity contribution in [2.45, 2.75) is 6.54 Å². The number of carbonyl (C=O) groups excluding carboxylic acids is 2. The molecule has 0 heterocycles. The van der Waals surface area contributed by atoms with Crippen LogP contribution in [0.4, 0.5) is 5.69 Å². The Morgan fingerprint density at radius 1 is 0.741 bits per heavy atom. The van der Waals surface area contributed by atoms with E-state index in [4.69, 9.17) is 23.2 Å². The third-order valence-electron chi connectivity index (χ3n) is 3.84. The van der Waals surface area contributed by atoms with Gasteiger partial charge in [-0.15, -0.1) is 0 Å². The first-order valence-corrected chi connectivity index (χ1v) is 8.96. The summed E-state index contributed by atoms with van der Waals surface area (Å²) in [5, 5.41) is 6.76. The molecule has 6 heteroatoms. The van der Waals surface area contributed by atoms with Crippen molar-refractivity contribution in [3.8, 4) is 0 Å². The van der Waals surface area contributed by atoms with E-state index in [-0.39, 0.29) is 11.8 Å². The van der Waals surface area contributed by atoms with Gasteiger partial charge in [0, 0.05) is 33.4 Å². The molecule has 2 N–H and O–H groups in total. The number of nitrogens with one attached hydrogen (secondary N) is 2. The van der Waals surface area contributed by atoms with Gasteiger partial charge in [0.1, 0.15) is 0 Å². The maximum absolute atomic E-state index is 12.4. The van der Waals surface area contributed by atoms with Gasteiger partial charge in [0.25, 0.3) is 11.8 Å². The fourth-order valence-corrected chi connectivity index (χ4v) is 2.77. The predicted octanol–water partition coefficient (Wildman–Crippen LogP) is 5.18. The van der Waals surface area contributed by atoms with Crippen molar-refractivity contribution in [3.63, 3.8) is 0 Å².